The second-order valence-electron chi connectivity index (χ2n) is 14.3. The molecule has 0 aliphatic carbocycles. The van der Waals surface area contributed by atoms with Crippen molar-refractivity contribution in [3.8, 4) is 11.3 Å². The molecule has 5 heterocycles. The number of nitrogens with zero attached hydrogens (tertiary/aromatic N) is 6. The lowest BCUT2D eigenvalue weighted by atomic mass is 10.0. The Bertz CT molecular complexity index is 1670. The highest BCUT2D eigenvalue weighted by Crippen LogP contribution is 2.40. The molecule has 0 saturated carbocycles. The van der Waals surface area contributed by atoms with Crippen LogP contribution in [0.1, 0.15) is 68.7 Å². The van der Waals surface area contributed by atoms with Crippen LogP contribution in [0.15, 0.2) is 23.1 Å². The molecule has 0 unspecified atom stereocenters. The van der Waals surface area contributed by atoms with Gasteiger partial charge >= 0.3 is 6.18 Å². The Morgan fingerprint density at radius 1 is 0.980 bits per heavy atom. The first-order chi connectivity index (χ1) is 24.3. The minimum Gasteiger partial charge on any atom is -0.354 e. The fourth-order valence-corrected chi connectivity index (χ4v) is 9.92. The number of amides is 2. The molecular formula is C35H50F3N7O4S2. The van der Waals surface area contributed by atoms with E-state index in [0.29, 0.717) is 55.5 Å². The first-order valence-corrected chi connectivity index (χ1v) is 21.0. The van der Waals surface area contributed by atoms with Gasteiger partial charge in [-0.1, -0.05) is 6.07 Å². The third-order valence-corrected chi connectivity index (χ3v) is 13.0. The van der Waals surface area contributed by atoms with E-state index in [9.17, 15) is 31.2 Å². The average Bonchev–Trinajstić information content (AvgIpc) is 3.68. The summed E-state index contributed by atoms with van der Waals surface area (Å²) in [7, 11) is -3.48. The molecule has 1 N–H and O–H groups in total. The highest BCUT2D eigenvalue weighted by atomic mass is 32.2. The van der Waals surface area contributed by atoms with Crippen molar-refractivity contribution in [1.29, 1.82) is 0 Å². The van der Waals surface area contributed by atoms with Crippen molar-refractivity contribution >= 4 is 33.6 Å². The average molecular weight is 754 g/mol. The largest absolute Gasteiger partial charge is 0.417 e. The number of aromatic nitrogens is 2. The summed E-state index contributed by atoms with van der Waals surface area (Å²) in [6.07, 6.45) is 3.13. The summed E-state index contributed by atoms with van der Waals surface area (Å²) in [6.45, 7) is 8.35. The van der Waals surface area contributed by atoms with E-state index < -0.39 is 21.8 Å². The second-order valence-corrected chi connectivity index (χ2v) is 17.5. The van der Waals surface area contributed by atoms with E-state index in [1.807, 2.05) is 4.68 Å². The summed E-state index contributed by atoms with van der Waals surface area (Å²) in [5, 5.41) is 7.90. The molecule has 0 bridgehead atoms. The van der Waals surface area contributed by atoms with Gasteiger partial charge in [0, 0.05) is 118 Å². The molecule has 4 aliphatic heterocycles. The molecule has 11 nitrogen and oxygen atoms in total. The third-order valence-electron chi connectivity index (χ3n) is 10.7. The van der Waals surface area contributed by atoms with Crippen LogP contribution in [0.3, 0.4) is 0 Å². The molecule has 2 aromatic rings. The Kier molecular flexibility index (Phi) is 12.1. The Balaban J connectivity index is 1.15. The standard InChI is InChI=1S/C35H50F3N7O4S2/c1-25(46)39-27-8-16-42(17-9-27)21-22-50-32-23-26(6-7-30(32)35(36,37)38)34-29-24-43(51(2,48)49)20-12-31(29)45(40-34)15-4-13-41-18-10-28(11-19-41)44-14-3-5-33(44)47/h6-7,23,27-28H,3-5,8-22,24H2,1-2H3,(H,39,46). The quantitative estimate of drug-likeness (QED) is 0.324. The van der Waals surface area contributed by atoms with Crippen molar-refractivity contribution in [3.63, 3.8) is 0 Å². The van der Waals surface area contributed by atoms with Crippen LogP contribution in [-0.4, -0.2) is 125 Å². The predicted molar refractivity (Wildman–Crippen MR) is 191 cm³/mol. The minimum absolute atomic E-state index is 0.0532. The molecule has 51 heavy (non-hydrogen) atoms. The number of carbonyl (C=O) groups is 2. The van der Waals surface area contributed by atoms with Gasteiger partial charge in [-0.3, -0.25) is 14.3 Å². The van der Waals surface area contributed by atoms with Crippen LogP contribution in [0, 0.1) is 0 Å². The maximum atomic E-state index is 14.2. The van der Waals surface area contributed by atoms with E-state index in [1.165, 1.54) is 35.3 Å². The predicted octanol–water partition coefficient (Wildman–Crippen LogP) is 4.06. The zero-order valence-electron chi connectivity index (χ0n) is 29.6. The van der Waals surface area contributed by atoms with Crippen molar-refractivity contribution in [2.45, 2.75) is 94.5 Å². The minimum atomic E-state index is -4.53. The van der Waals surface area contributed by atoms with Gasteiger partial charge in [0.2, 0.25) is 21.8 Å². The molecule has 282 valence electrons. The van der Waals surface area contributed by atoms with Crippen molar-refractivity contribution < 1.29 is 31.2 Å². The maximum Gasteiger partial charge on any atom is 0.417 e. The Morgan fingerprint density at radius 2 is 1.69 bits per heavy atom. The Hall–Kier alpha value is -2.66. The van der Waals surface area contributed by atoms with Gasteiger partial charge in [0.1, 0.15) is 0 Å². The van der Waals surface area contributed by atoms with E-state index in [-0.39, 0.29) is 29.3 Å². The fraction of sp³-hybridized carbons (Fsp3) is 0.686. The fourth-order valence-electron chi connectivity index (χ4n) is 8.02. The number of aryl methyl sites for hydroxylation is 1. The number of hydrogen-bond acceptors (Lipinski definition) is 8. The number of halogens is 3. The lowest BCUT2D eigenvalue weighted by Gasteiger charge is -2.36. The number of carbonyl (C=O) groups excluding carboxylic acids is 2. The van der Waals surface area contributed by atoms with Crippen LogP contribution in [0.4, 0.5) is 13.2 Å². The second kappa shape index (κ2) is 16.1. The van der Waals surface area contributed by atoms with Crippen LogP contribution in [0.5, 0.6) is 0 Å². The summed E-state index contributed by atoms with van der Waals surface area (Å²) in [4.78, 5) is 30.4. The summed E-state index contributed by atoms with van der Waals surface area (Å²) >= 11 is 1.18. The maximum absolute atomic E-state index is 14.2. The van der Waals surface area contributed by atoms with Gasteiger partial charge in [-0.15, -0.1) is 11.8 Å². The number of piperidine rings is 2. The van der Waals surface area contributed by atoms with Crippen molar-refractivity contribution in [3.05, 3.63) is 35.0 Å². The molecule has 0 atom stereocenters. The highest BCUT2D eigenvalue weighted by molar-refractivity contribution is 7.99. The zero-order chi connectivity index (χ0) is 36.3. The van der Waals surface area contributed by atoms with Crippen LogP contribution in [-0.2, 0) is 45.3 Å². The smallest absolute Gasteiger partial charge is 0.354 e. The molecule has 0 radical (unpaired) electrons. The van der Waals surface area contributed by atoms with Crippen LogP contribution in [0.25, 0.3) is 11.3 Å². The number of fused-ring (bicyclic) bond motifs is 1. The summed E-state index contributed by atoms with van der Waals surface area (Å²) in [5.41, 5.74) is 2.08. The molecule has 1 aromatic carbocycles. The van der Waals surface area contributed by atoms with Crippen molar-refractivity contribution in [2.75, 3.05) is 64.4 Å². The van der Waals surface area contributed by atoms with E-state index in [1.54, 1.807) is 6.07 Å². The summed E-state index contributed by atoms with van der Waals surface area (Å²) in [6, 6.07) is 4.61. The van der Waals surface area contributed by atoms with Crippen LogP contribution >= 0.6 is 11.8 Å². The molecule has 16 heteroatoms. The highest BCUT2D eigenvalue weighted by Gasteiger charge is 2.35. The van der Waals surface area contributed by atoms with Gasteiger partial charge in [-0.2, -0.15) is 22.6 Å². The van der Waals surface area contributed by atoms with Crippen LogP contribution in [0.2, 0.25) is 0 Å². The van der Waals surface area contributed by atoms with E-state index in [4.69, 9.17) is 5.10 Å². The molecule has 6 rings (SSSR count). The first kappa shape index (κ1) is 38.1. The summed E-state index contributed by atoms with van der Waals surface area (Å²) in [5.74, 6) is 0.692. The third kappa shape index (κ3) is 9.48. The zero-order valence-corrected chi connectivity index (χ0v) is 31.2. The number of rotatable bonds is 12. The molecule has 3 saturated heterocycles. The molecule has 2 amide bonds. The normalized spacial score (nSPS) is 20.6. The number of benzene rings is 1. The number of likely N-dealkylation sites (tertiary alicyclic amines) is 3. The molecule has 3 fully saturated rings. The molecular weight excluding hydrogens is 704 g/mol. The number of sulfonamides is 1. The van der Waals surface area contributed by atoms with Gasteiger partial charge in [-0.25, -0.2) is 8.42 Å². The van der Waals surface area contributed by atoms with Crippen molar-refractivity contribution in [2.24, 2.45) is 0 Å². The van der Waals surface area contributed by atoms with Gasteiger partial charge in [-0.05, 0) is 57.2 Å². The molecule has 0 spiro atoms. The van der Waals surface area contributed by atoms with Crippen LogP contribution < -0.4 is 5.32 Å². The van der Waals surface area contributed by atoms with Gasteiger partial charge in [0.15, 0.2) is 0 Å². The Labute approximate surface area is 303 Å². The van der Waals surface area contributed by atoms with Gasteiger partial charge < -0.3 is 20.0 Å². The SMILES string of the molecule is CC(=O)NC1CCN(CCSc2cc(-c3nn(CCCN4CCC(N5CCCC5=O)CC4)c4c3CN(S(C)(=O)=O)CC4)ccc2C(F)(F)F)CC1. The van der Waals surface area contributed by atoms with E-state index in [2.05, 4.69) is 20.0 Å². The molecule has 4 aliphatic rings. The first-order valence-electron chi connectivity index (χ1n) is 18.2. The van der Waals surface area contributed by atoms with E-state index in [0.717, 1.165) is 95.1 Å². The number of nitrogens with one attached hydrogen (secondary N) is 1. The van der Waals surface area contributed by atoms with Crippen molar-refractivity contribution in [1.82, 2.24) is 34.1 Å². The number of alkyl halides is 3. The van der Waals surface area contributed by atoms with Gasteiger partial charge in [0.25, 0.3) is 0 Å². The van der Waals surface area contributed by atoms with E-state index >= 15 is 0 Å². The topological polar surface area (TPSA) is 111 Å². The lowest BCUT2D eigenvalue weighted by molar-refractivity contribution is -0.139. The monoisotopic (exact) mass is 753 g/mol. The number of hydrogen-bond donors (Lipinski definition) is 1. The molecule has 1 aromatic heterocycles. The lowest BCUT2D eigenvalue weighted by Crippen LogP contribution is -2.45. The van der Waals surface area contributed by atoms with Gasteiger partial charge in [0.05, 0.1) is 17.5 Å². The summed E-state index contributed by atoms with van der Waals surface area (Å²) < 4.78 is 71.1. The Morgan fingerprint density at radius 3 is 2.33 bits per heavy atom. The number of thioether (sulfide) groups is 1.